The van der Waals surface area contributed by atoms with E-state index < -0.39 is 0 Å². The van der Waals surface area contributed by atoms with Crippen LogP contribution in [0.2, 0.25) is 0 Å². The molecule has 2 rings (SSSR count). The Morgan fingerprint density at radius 3 is 2.93 bits per heavy atom. The Bertz CT molecular complexity index is 290. The maximum atomic E-state index is 4.05. The quantitative estimate of drug-likeness (QED) is 0.785. The van der Waals surface area contributed by atoms with Gasteiger partial charge in [-0.1, -0.05) is 19.8 Å². The van der Waals surface area contributed by atoms with E-state index in [2.05, 4.69) is 27.8 Å². The Morgan fingerprint density at radius 2 is 2.20 bits per heavy atom. The first-order chi connectivity index (χ1) is 7.40. The fourth-order valence-corrected chi connectivity index (χ4v) is 2.17. The van der Waals surface area contributed by atoms with Crippen LogP contribution in [-0.4, -0.2) is 26.8 Å². The normalized spacial score (nSPS) is 17.4. The number of nitrogens with one attached hydrogen (secondary N) is 1. The van der Waals surface area contributed by atoms with Crippen LogP contribution in [0.1, 0.15) is 38.4 Å². The van der Waals surface area contributed by atoms with Crippen molar-refractivity contribution in [2.75, 3.05) is 6.54 Å². The highest BCUT2D eigenvalue weighted by atomic mass is 15.5. The molecule has 5 nitrogen and oxygen atoms in total. The lowest BCUT2D eigenvalue weighted by atomic mass is 10.1. The van der Waals surface area contributed by atoms with Gasteiger partial charge in [0.25, 0.3) is 0 Å². The fraction of sp³-hybridized carbons (Fsp3) is 0.900. The van der Waals surface area contributed by atoms with E-state index in [1.165, 1.54) is 25.7 Å². The molecule has 1 N–H and O–H groups in total. The van der Waals surface area contributed by atoms with Gasteiger partial charge < -0.3 is 5.32 Å². The first-order valence-corrected chi connectivity index (χ1v) is 5.86. The van der Waals surface area contributed by atoms with Gasteiger partial charge in [0.1, 0.15) is 0 Å². The topological polar surface area (TPSA) is 55.6 Å². The largest absolute Gasteiger partial charge is 0.310 e. The lowest BCUT2D eigenvalue weighted by Gasteiger charge is -2.09. The summed E-state index contributed by atoms with van der Waals surface area (Å²) in [6.45, 7) is 4.81. The van der Waals surface area contributed by atoms with Crippen LogP contribution in [0.15, 0.2) is 0 Å². The van der Waals surface area contributed by atoms with Crippen molar-refractivity contribution < 1.29 is 0 Å². The molecule has 1 aromatic rings. The second-order valence-electron chi connectivity index (χ2n) is 4.21. The zero-order valence-corrected chi connectivity index (χ0v) is 9.32. The monoisotopic (exact) mass is 209 g/mol. The summed E-state index contributed by atoms with van der Waals surface area (Å²) in [5, 5.41) is 15.1. The SMILES string of the molecule is CCNCc1nnnn1CC1CCCC1. The third kappa shape index (κ3) is 2.75. The van der Waals surface area contributed by atoms with Crippen LogP contribution < -0.4 is 5.32 Å². The predicted molar refractivity (Wildman–Crippen MR) is 57.2 cm³/mol. The minimum Gasteiger partial charge on any atom is -0.310 e. The number of tetrazole rings is 1. The van der Waals surface area contributed by atoms with E-state index in [9.17, 15) is 0 Å². The molecule has 1 heterocycles. The van der Waals surface area contributed by atoms with Crippen LogP contribution in [-0.2, 0) is 13.1 Å². The second kappa shape index (κ2) is 5.21. The van der Waals surface area contributed by atoms with Gasteiger partial charge in [0.2, 0.25) is 0 Å². The number of hydrogen-bond donors (Lipinski definition) is 1. The van der Waals surface area contributed by atoms with E-state index >= 15 is 0 Å². The summed E-state index contributed by atoms with van der Waals surface area (Å²) in [7, 11) is 0. The molecule has 1 aliphatic rings. The minimum absolute atomic E-state index is 0.774. The second-order valence-corrected chi connectivity index (χ2v) is 4.21. The number of hydrogen-bond acceptors (Lipinski definition) is 4. The van der Waals surface area contributed by atoms with E-state index in [0.29, 0.717) is 0 Å². The Balaban J connectivity index is 1.91. The van der Waals surface area contributed by atoms with E-state index in [-0.39, 0.29) is 0 Å². The van der Waals surface area contributed by atoms with Crippen molar-refractivity contribution in [3.05, 3.63) is 5.82 Å². The molecule has 0 aromatic carbocycles. The highest BCUT2D eigenvalue weighted by Crippen LogP contribution is 2.25. The Hall–Kier alpha value is -0.970. The van der Waals surface area contributed by atoms with Gasteiger partial charge >= 0.3 is 0 Å². The van der Waals surface area contributed by atoms with Crippen molar-refractivity contribution in [1.29, 1.82) is 0 Å². The molecule has 1 aromatic heterocycles. The molecule has 1 fully saturated rings. The average molecular weight is 209 g/mol. The van der Waals surface area contributed by atoms with Gasteiger partial charge in [-0.2, -0.15) is 0 Å². The van der Waals surface area contributed by atoms with Gasteiger partial charge in [-0.25, -0.2) is 4.68 Å². The van der Waals surface area contributed by atoms with Crippen molar-refractivity contribution in [1.82, 2.24) is 25.5 Å². The smallest absolute Gasteiger partial charge is 0.165 e. The molecule has 0 saturated heterocycles. The van der Waals surface area contributed by atoms with Gasteiger partial charge in [-0.05, 0) is 35.7 Å². The predicted octanol–water partition coefficient (Wildman–Crippen LogP) is 0.973. The van der Waals surface area contributed by atoms with Crippen molar-refractivity contribution in [2.45, 2.75) is 45.7 Å². The Kier molecular flexibility index (Phi) is 3.66. The lowest BCUT2D eigenvalue weighted by molar-refractivity contribution is 0.408. The maximum Gasteiger partial charge on any atom is 0.165 e. The molecule has 0 atom stereocenters. The molecule has 15 heavy (non-hydrogen) atoms. The maximum absolute atomic E-state index is 4.05. The fourth-order valence-electron chi connectivity index (χ4n) is 2.17. The van der Waals surface area contributed by atoms with E-state index in [1.54, 1.807) is 0 Å². The van der Waals surface area contributed by atoms with Crippen molar-refractivity contribution >= 4 is 0 Å². The molecule has 1 saturated carbocycles. The van der Waals surface area contributed by atoms with E-state index in [4.69, 9.17) is 0 Å². The summed E-state index contributed by atoms with van der Waals surface area (Å²) >= 11 is 0. The van der Waals surface area contributed by atoms with Gasteiger partial charge in [0, 0.05) is 6.54 Å². The van der Waals surface area contributed by atoms with Crippen LogP contribution in [0.5, 0.6) is 0 Å². The number of aromatic nitrogens is 4. The third-order valence-corrected chi connectivity index (χ3v) is 3.05. The summed E-state index contributed by atoms with van der Waals surface area (Å²) in [5.74, 6) is 1.75. The van der Waals surface area contributed by atoms with Gasteiger partial charge in [0.05, 0.1) is 6.54 Å². The molecular formula is C10H19N5. The molecule has 1 aliphatic carbocycles. The molecule has 0 unspecified atom stereocenters. The zero-order chi connectivity index (χ0) is 10.5. The molecular weight excluding hydrogens is 190 g/mol. The highest BCUT2D eigenvalue weighted by Gasteiger charge is 2.17. The molecule has 0 spiro atoms. The van der Waals surface area contributed by atoms with Gasteiger partial charge in [-0.15, -0.1) is 5.10 Å². The lowest BCUT2D eigenvalue weighted by Crippen LogP contribution is -2.19. The van der Waals surface area contributed by atoms with Crippen molar-refractivity contribution in [3.8, 4) is 0 Å². The summed E-state index contributed by atoms with van der Waals surface area (Å²) in [4.78, 5) is 0. The minimum atomic E-state index is 0.774. The molecule has 0 aliphatic heterocycles. The van der Waals surface area contributed by atoms with Crippen LogP contribution >= 0.6 is 0 Å². The van der Waals surface area contributed by atoms with Crippen LogP contribution in [0, 0.1) is 5.92 Å². The Morgan fingerprint density at radius 1 is 1.40 bits per heavy atom. The first-order valence-electron chi connectivity index (χ1n) is 5.86. The van der Waals surface area contributed by atoms with Crippen LogP contribution in [0.25, 0.3) is 0 Å². The average Bonchev–Trinajstić information content (AvgIpc) is 2.87. The highest BCUT2D eigenvalue weighted by molar-refractivity contribution is 4.81. The first kappa shape index (κ1) is 10.5. The van der Waals surface area contributed by atoms with E-state index in [1.807, 2.05) is 4.68 Å². The van der Waals surface area contributed by atoms with Crippen molar-refractivity contribution in [2.24, 2.45) is 5.92 Å². The summed E-state index contributed by atoms with van der Waals surface area (Å²) < 4.78 is 1.96. The van der Waals surface area contributed by atoms with Gasteiger partial charge in [-0.3, -0.25) is 0 Å². The van der Waals surface area contributed by atoms with Gasteiger partial charge in [0.15, 0.2) is 5.82 Å². The molecule has 0 bridgehead atoms. The number of rotatable bonds is 5. The molecule has 0 amide bonds. The third-order valence-electron chi connectivity index (χ3n) is 3.05. The summed E-state index contributed by atoms with van der Waals surface area (Å²) in [5.41, 5.74) is 0. The van der Waals surface area contributed by atoms with Crippen LogP contribution in [0.3, 0.4) is 0 Å². The van der Waals surface area contributed by atoms with Crippen molar-refractivity contribution in [3.63, 3.8) is 0 Å². The number of nitrogens with zero attached hydrogens (tertiary/aromatic N) is 4. The summed E-state index contributed by atoms with van der Waals surface area (Å²) in [6, 6.07) is 0. The zero-order valence-electron chi connectivity index (χ0n) is 9.32. The summed E-state index contributed by atoms with van der Waals surface area (Å²) in [6.07, 6.45) is 5.41. The Labute approximate surface area is 90.2 Å². The molecule has 5 heteroatoms. The molecule has 84 valence electrons. The van der Waals surface area contributed by atoms with Crippen LogP contribution in [0.4, 0.5) is 0 Å². The molecule has 0 radical (unpaired) electrons. The standard InChI is InChI=1S/C10H19N5/c1-2-11-7-10-12-13-14-15(10)8-9-5-3-4-6-9/h9,11H,2-8H2,1H3. The van der Waals surface area contributed by atoms with E-state index in [0.717, 1.165) is 31.4 Å².